The number of carbonyl (C=O) groups excluding carboxylic acids is 2. The number of aromatic nitrogens is 2. The highest BCUT2D eigenvalue weighted by molar-refractivity contribution is 6.10. The van der Waals surface area contributed by atoms with Gasteiger partial charge in [-0.1, -0.05) is 19.1 Å². The summed E-state index contributed by atoms with van der Waals surface area (Å²) >= 11 is 0. The van der Waals surface area contributed by atoms with E-state index in [4.69, 9.17) is 0 Å². The molecule has 0 spiro atoms. The first-order chi connectivity index (χ1) is 12.8. The lowest BCUT2D eigenvalue weighted by Crippen LogP contribution is -2.33. The maximum absolute atomic E-state index is 12.6. The molecule has 1 N–H and O–H groups in total. The van der Waals surface area contributed by atoms with Crippen molar-refractivity contribution in [2.45, 2.75) is 47.1 Å². The monoisotopic (exact) mass is 364 g/mol. The van der Waals surface area contributed by atoms with E-state index in [2.05, 4.69) is 33.9 Å². The fraction of sp³-hybridized carbons (Fsp3) is 0.381. The Morgan fingerprint density at radius 2 is 1.78 bits per heavy atom. The van der Waals surface area contributed by atoms with E-state index < -0.39 is 0 Å². The number of nitrogens with one attached hydrogen (secondary N) is 1. The number of imide groups is 1. The molecule has 1 aromatic heterocycles. The predicted molar refractivity (Wildman–Crippen MR) is 103 cm³/mol. The van der Waals surface area contributed by atoms with Crippen molar-refractivity contribution >= 4 is 17.5 Å². The van der Waals surface area contributed by atoms with E-state index in [0.717, 1.165) is 46.2 Å². The van der Waals surface area contributed by atoms with Crippen LogP contribution in [0.2, 0.25) is 0 Å². The minimum Gasteiger partial charge on any atom is -0.329 e. The number of carbonyl (C=O) groups is 2. The number of aryl methyl sites for hydroxylation is 2. The molecule has 6 nitrogen and oxygen atoms in total. The normalized spacial score (nSPS) is 21.9. The topological polar surface area (TPSA) is 67.2 Å². The van der Waals surface area contributed by atoms with Crippen LogP contribution in [0.5, 0.6) is 0 Å². The lowest BCUT2D eigenvalue weighted by atomic mass is 9.92. The molecule has 3 heterocycles. The van der Waals surface area contributed by atoms with Crippen LogP contribution in [0.1, 0.15) is 43.0 Å². The number of hydrogen-bond acceptors (Lipinski definition) is 3. The van der Waals surface area contributed by atoms with E-state index in [9.17, 15) is 9.59 Å². The molecule has 1 aromatic carbocycles. The summed E-state index contributed by atoms with van der Waals surface area (Å²) < 4.78 is 2.13. The minimum absolute atomic E-state index is 0.109. The van der Waals surface area contributed by atoms with E-state index in [-0.39, 0.29) is 23.9 Å². The molecule has 3 amide bonds. The lowest BCUT2D eigenvalue weighted by molar-refractivity contribution is -0.127. The van der Waals surface area contributed by atoms with Gasteiger partial charge >= 0.3 is 6.03 Å². The van der Waals surface area contributed by atoms with Crippen molar-refractivity contribution in [3.63, 3.8) is 0 Å². The van der Waals surface area contributed by atoms with Gasteiger partial charge in [0.25, 0.3) is 0 Å². The standard InChI is InChI=1S/C21H24N4O2/c1-6-17-19-18(11(2)20(26)25(19)21(27)23-17)15-7-9-16(10-8-15)24-13(4)12(3)22-14(24)5/h7-11,17H,6H2,1-5H3,(H,23,27). The summed E-state index contributed by atoms with van der Waals surface area (Å²) in [6.07, 6.45) is 0.756. The average Bonchev–Trinajstić information content (AvgIpc) is 3.20. The number of imidazole rings is 1. The summed E-state index contributed by atoms with van der Waals surface area (Å²) in [7, 11) is 0. The first-order valence-corrected chi connectivity index (χ1v) is 9.37. The molecule has 4 rings (SSSR count). The number of amides is 3. The smallest absolute Gasteiger partial charge is 0.329 e. The van der Waals surface area contributed by atoms with Crippen LogP contribution in [-0.2, 0) is 4.79 Å². The second-order valence-electron chi connectivity index (χ2n) is 7.32. The van der Waals surface area contributed by atoms with Gasteiger partial charge in [0.1, 0.15) is 5.82 Å². The van der Waals surface area contributed by atoms with Crippen molar-refractivity contribution in [2.24, 2.45) is 5.92 Å². The first kappa shape index (κ1) is 17.5. The van der Waals surface area contributed by atoms with Gasteiger partial charge in [0.05, 0.1) is 23.4 Å². The Hall–Kier alpha value is -2.89. The average molecular weight is 364 g/mol. The van der Waals surface area contributed by atoms with Crippen molar-refractivity contribution in [1.29, 1.82) is 0 Å². The van der Waals surface area contributed by atoms with Crippen LogP contribution in [-0.4, -0.2) is 32.4 Å². The van der Waals surface area contributed by atoms with Crippen LogP contribution in [0.3, 0.4) is 0 Å². The molecule has 6 heteroatoms. The molecule has 0 aliphatic carbocycles. The number of urea groups is 1. The zero-order valence-corrected chi connectivity index (χ0v) is 16.3. The van der Waals surface area contributed by atoms with E-state index in [0.29, 0.717) is 0 Å². The number of fused-ring (bicyclic) bond motifs is 1. The number of rotatable bonds is 3. The highest BCUT2D eigenvalue weighted by Gasteiger charge is 2.48. The van der Waals surface area contributed by atoms with Gasteiger partial charge in [-0.3, -0.25) is 4.79 Å². The first-order valence-electron chi connectivity index (χ1n) is 9.37. The Bertz CT molecular complexity index is 984. The Balaban J connectivity index is 1.79. The molecule has 2 unspecified atom stereocenters. The van der Waals surface area contributed by atoms with Crippen molar-refractivity contribution in [2.75, 3.05) is 0 Å². The van der Waals surface area contributed by atoms with Crippen molar-refractivity contribution in [1.82, 2.24) is 19.8 Å². The SMILES string of the molecule is CCC1NC(=O)N2C(=O)C(C)C(c3ccc(-n4c(C)nc(C)c4C)cc3)=C12. The number of nitrogens with zero attached hydrogens (tertiary/aromatic N) is 3. The summed E-state index contributed by atoms with van der Waals surface area (Å²) in [6, 6.07) is 7.76. The van der Waals surface area contributed by atoms with Crippen LogP contribution in [0.25, 0.3) is 11.3 Å². The lowest BCUT2D eigenvalue weighted by Gasteiger charge is -2.14. The highest BCUT2D eigenvalue weighted by atomic mass is 16.2. The van der Waals surface area contributed by atoms with Gasteiger partial charge in [-0.15, -0.1) is 0 Å². The van der Waals surface area contributed by atoms with E-state index >= 15 is 0 Å². The van der Waals surface area contributed by atoms with E-state index in [1.54, 1.807) is 0 Å². The van der Waals surface area contributed by atoms with Crippen LogP contribution in [0, 0.1) is 26.7 Å². The van der Waals surface area contributed by atoms with Crippen molar-refractivity contribution < 1.29 is 9.59 Å². The maximum Gasteiger partial charge on any atom is 0.329 e. The molecule has 0 radical (unpaired) electrons. The Morgan fingerprint density at radius 1 is 1.11 bits per heavy atom. The summed E-state index contributed by atoms with van der Waals surface area (Å²) in [5.74, 6) is 0.492. The summed E-state index contributed by atoms with van der Waals surface area (Å²) in [6.45, 7) is 9.96. The van der Waals surface area contributed by atoms with Gasteiger partial charge in [-0.25, -0.2) is 14.7 Å². The molecule has 2 aromatic rings. The van der Waals surface area contributed by atoms with Gasteiger partial charge in [0, 0.05) is 11.4 Å². The summed E-state index contributed by atoms with van der Waals surface area (Å²) in [5, 5.41) is 2.91. The van der Waals surface area contributed by atoms with Gasteiger partial charge in [0.15, 0.2) is 0 Å². The summed E-state index contributed by atoms with van der Waals surface area (Å²) in [5.41, 5.74) is 5.94. The third-order valence-electron chi connectivity index (χ3n) is 5.73. The van der Waals surface area contributed by atoms with Crippen molar-refractivity contribution in [3.8, 4) is 5.69 Å². The second kappa shape index (κ2) is 6.08. The largest absolute Gasteiger partial charge is 0.329 e. The predicted octanol–water partition coefficient (Wildman–Crippen LogP) is 3.49. The number of benzene rings is 1. The molecule has 0 saturated carbocycles. The fourth-order valence-electron chi connectivity index (χ4n) is 4.26. The molecule has 2 aliphatic rings. The van der Waals surface area contributed by atoms with Crippen LogP contribution >= 0.6 is 0 Å². The molecule has 0 bridgehead atoms. The molecule has 140 valence electrons. The van der Waals surface area contributed by atoms with Crippen LogP contribution in [0.15, 0.2) is 30.0 Å². The second-order valence-corrected chi connectivity index (χ2v) is 7.32. The minimum atomic E-state index is -0.315. The number of hydrogen-bond donors (Lipinski definition) is 1. The van der Waals surface area contributed by atoms with Gasteiger partial charge in [-0.05, 0) is 57.4 Å². The van der Waals surface area contributed by atoms with Gasteiger partial charge in [0.2, 0.25) is 5.91 Å². The molecule has 1 fully saturated rings. The third-order valence-corrected chi connectivity index (χ3v) is 5.73. The molecule has 2 aliphatic heterocycles. The highest BCUT2D eigenvalue weighted by Crippen LogP contribution is 2.41. The zero-order chi connectivity index (χ0) is 19.5. The third kappa shape index (κ3) is 2.43. The molecule has 2 atom stereocenters. The molecule has 27 heavy (non-hydrogen) atoms. The quantitative estimate of drug-likeness (QED) is 0.906. The molecular weight excluding hydrogens is 340 g/mol. The Kier molecular flexibility index (Phi) is 3.94. The fourth-order valence-corrected chi connectivity index (χ4v) is 4.26. The summed E-state index contributed by atoms with van der Waals surface area (Å²) in [4.78, 5) is 30.7. The van der Waals surface area contributed by atoms with E-state index in [1.807, 2.05) is 39.8 Å². The maximum atomic E-state index is 12.6. The van der Waals surface area contributed by atoms with Crippen LogP contribution < -0.4 is 5.32 Å². The Labute approximate surface area is 158 Å². The van der Waals surface area contributed by atoms with Crippen LogP contribution in [0.4, 0.5) is 4.79 Å². The van der Waals surface area contributed by atoms with E-state index in [1.165, 1.54) is 4.90 Å². The zero-order valence-electron chi connectivity index (χ0n) is 16.3. The van der Waals surface area contributed by atoms with Gasteiger partial charge < -0.3 is 9.88 Å². The van der Waals surface area contributed by atoms with Crippen molar-refractivity contribution in [3.05, 3.63) is 52.7 Å². The van der Waals surface area contributed by atoms with Gasteiger partial charge in [-0.2, -0.15) is 0 Å². The Morgan fingerprint density at radius 3 is 2.33 bits per heavy atom. The molecular formula is C21H24N4O2. The molecule has 1 saturated heterocycles.